The van der Waals surface area contributed by atoms with Gasteiger partial charge in [0.1, 0.15) is 0 Å². The van der Waals surface area contributed by atoms with Gasteiger partial charge in [-0.05, 0) is 58.2 Å². The van der Waals surface area contributed by atoms with Crippen molar-refractivity contribution in [1.82, 2.24) is 10.2 Å². The zero-order valence-corrected chi connectivity index (χ0v) is 14.7. The number of amides is 1. The molecule has 0 aliphatic carbocycles. The Morgan fingerprint density at radius 2 is 1.81 bits per heavy atom. The van der Waals surface area contributed by atoms with Crippen molar-refractivity contribution in [2.24, 2.45) is 11.1 Å². The van der Waals surface area contributed by atoms with Gasteiger partial charge in [0, 0.05) is 6.04 Å². The normalized spacial score (nSPS) is 23.5. The fourth-order valence-corrected chi connectivity index (χ4v) is 3.77. The second kappa shape index (κ2) is 7.59. The lowest BCUT2D eigenvalue weighted by atomic mass is 9.74. The van der Waals surface area contributed by atoms with Crippen molar-refractivity contribution in [2.45, 2.75) is 78.3 Å². The molecule has 0 aromatic rings. The van der Waals surface area contributed by atoms with Crippen LogP contribution in [0.3, 0.4) is 0 Å². The van der Waals surface area contributed by atoms with Gasteiger partial charge in [-0.15, -0.1) is 0 Å². The van der Waals surface area contributed by atoms with Crippen LogP contribution >= 0.6 is 0 Å². The molecule has 4 heteroatoms. The van der Waals surface area contributed by atoms with Crippen molar-refractivity contribution in [1.29, 1.82) is 0 Å². The Morgan fingerprint density at radius 3 is 2.19 bits per heavy atom. The van der Waals surface area contributed by atoms with Crippen LogP contribution in [0.5, 0.6) is 0 Å². The molecule has 0 spiro atoms. The number of primary amides is 1. The van der Waals surface area contributed by atoms with Gasteiger partial charge in [0.15, 0.2) is 0 Å². The summed E-state index contributed by atoms with van der Waals surface area (Å²) in [6.45, 7) is 13.9. The molecule has 1 rings (SSSR count). The molecule has 124 valence electrons. The monoisotopic (exact) mass is 297 g/mol. The van der Waals surface area contributed by atoms with Crippen LogP contribution in [0.15, 0.2) is 0 Å². The summed E-state index contributed by atoms with van der Waals surface area (Å²) >= 11 is 0. The first-order valence-corrected chi connectivity index (χ1v) is 8.61. The number of hydrogen-bond donors (Lipinski definition) is 2. The smallest absolute Gasteiger partial charge is 0.237 e. The number of carbonyl (C=O) groups is 1. The molecule has 1 aliphatic heterocycles. The Bertz CT molecular complexity index is 331. The number of nitrogens with one attached hydrogen (secondary N) is 1. The predicted octanol–water partition coefficient (Wildman–Crippen LogP) is 2.52. The van der Waals surface area contributed by atoms with E-state index in [-0.39, 0.29) is 5.91 Å². The first kappa shape index (κ1) is 18.4. The third-order valence-electron chi connectivity index (χ3n) is 5.80. The summed E-state index contributed by atoms with van der Waals surface area (Å²) in [5, 5.41) is 3.27. The first-order valence-electron chi connectivity index (χ1n) is 8.61. The van der Waals surface area contributed by atoms with E-state index in [1.165, 1.54) is 25.7 Å². The Balaban J connectivity index is 2.61. The lowest BCUT2D eigenvalue weighted by Gasteiger charge is -2.44. The van der Waals surface area contributed by atoms with Gasteiger partial charge in [-0.2, -0.15) is 0 Å². The van der Waals surface area contributed by atoms with Crippen molar-refractivity contribution in [2.75, 3.05) is 19.6 Å². The van der Waals surface area contributed by atoms with Gasteiger partial charge in [-0.1, -0.05) is 33.6 Å². The summed E-state index contributed by atoms with van der Waals surface area (Å²) in [4.78, 5) is 14.3. The topological polar surface area (TPSA) is 58.4 Å². The lowest BCUT2D eigenvalue weighted by molar-refractivity contribution is -0.124. The highest BCUT2D eigenvalue weighted by Crippen LogP contribution is 2.38. The number of carbonyl (C=O) groups excluding carboxylic acids is 1. The minimum absolute atomic E-state index is 0.246. The molecule has 2 atom stereocenters. The van der Waals surface area contributed by atoms with Crippen LogP contribution in [0.2, 0.25) is 0 Å². The largest absolute Gasteiger partial charge is 0.368 e. The Kier molecular flexibility index (Phi) is 6.67. The third kappa shape index (κ3) is 4.43. The zero-order chi connectivity index (χ0) is 16.1. The highest BCUT2D eigenvalue weighted by atomic mass is 16.1. The van der Waals surface area contributed by atoms with E-state index >= 15 is 0 Å². The van der Waals surface area contributed by atoms with Crippen LogP contribution in [0.25, 0.3) is 0 Å². The van der Waals surface area contributed by atoms with Gasteiger partial charge in [-0.3, -0.25) is 4.79 Å². The summed E-state index contributed by atoms with van der Waals surface area (Å²) in [7, 11) is 0. The molecule has 1 aliphatic rings. The van der Waals surface area contributed by atoms with E-state index in [2.05, 4.69) is 31.0 Å². The maximum Gasteiger partial charge on any atom is 0.237 e. The van der Waals surface area contributed by atoms with E-state index < -0.39 is 5.54 Å². The highest BCUT2D eigenvalue weighted by Gasteiger charge is 2.37. The lowest BCUT2D eigenvalue weighted by Crippen LogP contribution is -2.57. The molecule has 1 heterocycles. The molecule has 0 bridgehead atoms. The van der Waals surface area contributed by atoms with Crippen LogP contribution in [0, 0.1) is 5.41 Å². The second-order valence-electron chi connectivity index (χ2n) is 7.02. The first-order chi connectivity index (χ1) is 9.82. The van der Waals surface area contributed by atoms with Gasteiger partial charge in [0.2, 0.25) is 5.91 Å². The maximum absolute atomic E-state index is 11.8. The van der Waals surface area contributed by atoms with Crippen molar-refractivity contribution in [3.05, 3.63) is 0 Å². The van der Waals surface area contributed by atoms with Crippen LogP contribution < -0.4 is 11.1 Å². The molecule has 21 heavy (non-hydrogen) atoms. The second-order valence-corrected chi connectivity index (χ2v) is 7.02. The molecule has 3 N–H and O–H groups in total. The number of likely N-dealkylation sites (N-methyl/N-ethyl adjacent to an activating group) is 1. The van der Waals surface area contributed by atoms with E-state index in [4.69, 9.17) is 5.73 Å². The highest BCUT2D eigenvalue weighted by molar-refractivity contribution is 5.84. The molecule has 0 saturated carbocycles. The predicted molar refractivity (Wildman–Crippen MR) is 89.2 cm³/mol. The van der Waals surface area contributed by atoms with Crippen molar-refractivity contribution < 1.29 is 4.79 Å². The van der Waals surface area contributed by atoms with Crippen LogP contribution in [-0.4, -0.2) is 42.0 Å². The van der Waals surface area contributed by atoms with Crippen molar-refractivity contribution >= 4 is 5.91 Å². The minimum atomic E-state index is -0.599. The fraction of sp³-hybridized carbons (Fsp3) is 0.941. The van der Waals surface area contributed by atoms with Gasteiger partial charge in [0.05, 0.1) is 5.54 Å². The van der Waals surface area contributed by atoms with Gasteiger partial charge in [-0.25, -0.2) is 0 Å². The summed E-state index contributed by atoms with van der Waals surface area (Å²) in [6, 6.07) is 0.383. The molecular formula is C17H35N3O. The summed E-state index contributed by atoms with van der Waals surface area (Å²) in [6.07, 6.45) is 5.89. The molecule has 4 nitrogen and oxygen atoms in total. The van der Waals surface area contributed by atoms with Crippen molar-refractivity contribution in [3.63, 3.8) is 0 Å². The van der Waals surface area contributed by atoms with Gasteiger partial charge >= 0.3 is 0 Å². The minimum Gasteiger partial charge on any atom is -0.368 e. The molecule has 0 aromatic heterocycles. The zero-order valence-electron chi connectivity index (χ0n) is 14.7. The summed E-state index contributed by atoms with van der Waals surface area (Å²) in [5.74, 6) is -0.246. The molecule has 1 amide bonds. The number of nitrogens with two attached hydrogens (primary N) is 1. The van der Waals surface area contributed by atoms with Crippen LogP contribution in [0.4, 0.5) is 0 Å². The molecule has 1 fully saturated rings. The number of likely N-dealkylation sites (tertiary alicyclic amines) is 1. The number of hydrogen-bond acceptors (Lipinski definition) is 3. The Morgan fingerprint density at radius 1 is 1.29 bits per heavy atom. The molecule has 0 radical (unpaired) electrons. The van der Waals surface area contributed by atoms with Crippen molar-refractivity contribution in [3.8, 4) is 0 Å². The Hall–Kier alpha value is -0.610. The standard InChI is InChI=1S/C17H35N3O/c1-6-17(7-2)9-11-20(12-10-17)14(4)13-16(5,15(18)21)19-8-3/h14,19H,6-13H2,1-5H3,(H2,18,21). The van der Waals surface area contributed by atoms with E-state index in [0.717, 1.165) is 26.1 Å². The summed E-state index contributed by atoms with van der Waals surface area (Å²) in [5.41, 5.74) is 5.55. The van der Waals surface area contributed by atoms with E-state index in [0.29, 0.717) is 11.5 Å². The molecule has 1 saturated heterocycles. The van der Waals surface area contributed by atoms with E-state index in [9.17, 15) is 4.79 Å². The number of piperidine rings is 1. The number of nitrogens with zero attached hydrogens (tertiary/aromatic N) is 1. The summed E-state index contributed by atoms with van der Waals surface area (Å²) < 4.78 is 0. The van der Waals surface area contributed by atoms with Crippen LogP contribution in [-0.2, 0) is 4.79 Å². The number of rotatable bonds is 8. The molecular weight excluding hydrogens is 262 g/mol. The molecule has 0 aromatic carbocycles. The van der Waals surface area contributed by atoms with E-state index in [1.807, 2.05) is 13.8 Å². The third-order valence-corrected chi connectivity index (χ3v) is 5.80. The van der Waals surface area contributed by atoms with E-state index in [1.54, 1.807) is 0 Å². The fourth-order valence-electron chi connectivity index (χ4n) is 3.77. The van der Waals surface area contributed by atoms with Crippen LogP contribution in [0.1, 0.15) is 66.7 Å². The Labute approximate surface area is 130 Å². The van der Waals surface area contributed by atoms with Gasteiger partial charge in [0.25, 0.3) is 0 Å². The average molecular weight is 297 g/mol. The quantitative estimate of drug-likeness (QED) is 0.724. The molecule has 2 unspecified atom stereocenters. The SMILES string of the molecule is CCNC(C)(CC(C)N1CCC(CC)(CC)CC1)C(N)=O. The average Bonchev–Trinajstić information content (AvgIpc) is 2.47. The maximum atomic E-state index is 11.8. The van der Waals surface area contributed by atoms with Gasteiger partial charge < -0.3 is 16.0 Å².